The summed E-state index contributed by atoms with van der Waals surface area (Å²) in [4.78, 5) is 12.1. The van der Waals surface area contributed by atoms with Crippen LogP contribution in [0, 0.1) is 18.6 Å². The van der Waals surface area contributed by atoms with Crippen molar-refractivity contribution < 1.29 is 18.3 Å². The number of nitrogens with one attached hydrogen (secondary N) is 1. The van der Waals surface area contributed by atoms with Gasteiger partial charge in [-0.05, 0) is 25.1 Å². The number of nitrogens with zero attached hydrogens (tertiary/aromatic N) is 2. The van der Waals surface area contributed by atoms with E-state index in [2.05, 4.69) is 10.4 Å². The Morgan fingerprint density at radius 3 is 2.67 bits per heavy atom. The summed E-state index contributed by atoms with van der Waals surface area (Å²) < 4.78 is 35.1. The number of anilines is 2. The van der Waals surface area contributed by atoms with Crippen molar-refractivity contribution in [2.45, 2.75) is 6.92 Å². The first-order chi connectivity index (χ1) is 11.4. The molecule has 0 amide bonds. The minimum absolute atomic E-state index is 0.0261. The fourth-order valence-electron chi connectivity index (χ4n) is 2.50. The number of ether oxygens (including phenoxy) is 1. The van der Waals surface area contributed by atoms with Crippen LogP contribution in [0.5, 0.6) is 0 Å². The van der Waals surface area contributed by atoms with Gasteiger partial charge in [0, 0.05) is 18.1 Å². The van der Waals surface area contributed by atoms with Crippen molar-refractivity contribution in [2.75, 3.05) is 12.4 Å². The molecular weight excluding hydrogens is 316 g/mol. The third-order valence-electron chi connectivity index (χ3n) is 3.90. The SMILES string of the molecule is COC(=O)c1cc2c(C)n(C)nc2c(F)c1Nc1ccccc1F. The van der Waals surface area contributed by atoms with Crippen LogP contribution in [0.1, 0.15) is 16.1 Å². The Kier molecular flexibility index (Phi) is 3.92. The largest absolute Gasteiger partial charge is 0.465 e. The summed E-state index contributed by atoms with van der Waals surface area (Å²) in [5.41, 5.74) is 0.654. The molecule has 0 aliphatic carbocycles. The molecule has 0 unspecified atom stereocenters. The molecule has 0 saturated heterocycles. The van der Waals surface area contributed by atoms with Crippen LogP contribution in [-0.2, 0) is 11.8 Å². The number of methoxy groups -OCH3 is 1. The van der Waals surface area contributed by atoms with E-state index < -0.39 is 17.6 Å². The Hall–Kier alpha value is -2.96. The van der Waals surface area contributed by atoms with Crippen molar-refractivity contribution in [1.82, 2.24) is 9.78 Å². The van der Waals surface area contributed by atoms with Gasteiger partial charge in [-0.25, -0.2) is 13.6 Å². The Bertz CT molecular complexity index is 951. The van der Waals surface area contributed by atoms with Gasteiger partial charge in [0.15, 0.2) is 5.82 Å². The number of aromatic nitrogens is 2. The molecule has 3 rings (SSSR count). The van der Waals surface area contributed by atoms with Crippen molar-refractivity contribution in [1.29, 1.82) is 0 Å². The maximum absolute atomic E-state index is 15.0. The molecule has 0 aliphatic rings. The first-order valence-electron chi connectivity index (χ1n) is 7.19. The number of carbonyl (C=O) groups excluding carboxylic acids is 1. The molecule has 124 valence electrons. The van der Waals surface area contributed by atoms with Gasteiger partial charge in [-0.3, -0.25) is 4.68 Å². The maximum atomic E-state index is 15.0. The highest BCUT2D eigenvalue weighted by atomic mass is 19.1. The molecule has 0 bridgehead atoms. The van der Waals surface area contributed by atoms with Gasteiger partial charge in [-0.2, -0.15) is 5.10 Å². The fraction of sp³-hybridized carbons (Fsp3) is 0.176. The Morgan fingerprint density at radius 2 is 2.00 bits per heavy atom. The summed E-state index contributed by atoms with van der Waals surface area (Å²) in [6, 6.07) is 7.30. The van der Waals surface area contributed by atoms with Crippen LogP contribution in [0.2, 0.25) is 0 Å². The molecule has 0 aliphatic heterocycles. The summed E-state index contributed by atoms with van der Waals surface area (Å²) in [5.74, 6) is -2.03. The van der Waals surface area contributed by atoms with Gasteiger partial charge < -0.3 is 10.1 Å². The normalized spacial score (nSPS) is 10.9. The van der Waals surface area contributed by atoms with Crippen molar-refractivity contribution in [3.05, 3.63) is 53.2 Å². The summed E-state index contributed by atoms with van der Waals surface area (Å²) in [7, 11) is 2.88. The van der Waals surface area contributed by atoms with E-state index in [0.29, 0.717) is 11.1 Å². The first-order valence-corrected chi connectivity index (χ1v) is 7.19. The van der Waals surface area contributed by atoms with Crippen molar-refractivity contribution in [3.63, 3.8) is 0 Å². The molecular formula is C17H15F2N3O2. The van der Waals surface area contributed by atoms with Crippen LogP contribution < -0.4 is 5.32 Å². The summed E-state index contributed by atoms with van der Waals surface area (Å²) >= 11 is 0. The van der Waals surface area contributed by atoms with Gasteiger partial charge >= 0.3 is 5.97 Å². The molecule has 0 spiro atoms. The predicted molar refractivity (Wildman–Crippen MR) is 86.4 cm³/mol. The molecule has 0 atom stereocenters. The first kappa shape index (κ1) is 15.9. The number of carbonyl (C=O) groups is 1. The summed E-state index contributed by atoms with van der Waals surface area (Å²) in [6.45, 7) is 1.76. The lowest BCUT2D eigenvalue weighted by Crippen LogP contribution is -2.08. The smallest absolute Gasteiger partial charge is 0.340 e. The Morgan fingerprint density at radius 1 is 1.29 bits per heavy atom. The lowest BCUT2D eigenvalue weighted by molar-refractivity contribution is 0.0601. The van der Waals surface area contributed by atoms with Crippen LogP contribution in [0.15, 0.2) is 30.3 Å². The number of esters is 1. The number of hydrogen-bond donors (Lipinski definition) is 1. The van der Waals surface area contributed by atoms with E-state index in [1.807, 2.05) is 0 Å². The highest BCUT2D eigenvalue weighted by Crippen LogP contribution is 2.33. The number of hydrogen-bond acceptors (Lipinski definition) is 4. The molecule has 1 aromatic heterocycles. The number of benzene rings is 2. The molecule has 0 saturated carbocycles. The van der Waals surface area contributed by atoms with Crippen molar-refractivity contribution >= 4 is 28.2 Å². The number of rotatable bonds is 3. The van der Waals surface area contributed by atoms with Gasteiger partial charge in [0.05, 0.1) is 24.0 Å². The van der Waals surface area contributed by atoms with E-state index in [1.165, 1.54) is 36.1 Å². The molecule has 0 fully saturated rings. The highest BCUT2D eigenvalue weighted by Gasteiger charge is 2.23. The monoisotopic (exact) mass is 331 g/mol. The molecule has 0 radical (unpaired) electrons. The third-order valence-corrected chi connectivity index (χ3v) is 3.90. The second-order valence-corrected chi connectivity index (χ2v) is 5.31. The lowest BCUT2D eigenvalue weighted by atomic mass is 10.1. The topological polar surface area (TPSA) is 56.2 Å². The van der Waals surface area contributed by atoms with E-state index >= 15 is 0 Å². The average molecular weight is 331 g/mol. The van der Waals surface area contributed by atoms with E-state index in [9.17, 15) is 13.6 Å². The number of aryl methyl sites for hydroxylation is 2. The fourth-order valence-corrected chi connectivity index (χ4v) is 2.50. The second kappa shape index (κ2) is 5.92. The van der Waals surface area contributed by atoms with Crippen LogP contribution in [0.3, 0.4) is 0 Å². The number of fused-ring (bicyclic) bond motifs is 1. The number of halogens is 2. The zero-order chi connectivity index (χ0) is 17.4. The Labute approximate surface area is 136 Å². The maximum Gasteiger partial charge on any atom is 0.340 e. The predicted octanol–water partition coefficient (Wildman–Crippen LogP) is 3.69. The molecule has 1 heterocycles. The minimum atomic E-state index is -0.736. The Balaban J connectivity index is 2.26. The number of para-hydroxylation sites is 1. The van der Waals surface area contributed by atoms with Crippen LogP contribution in [-0.4, -0.2) is 22.9 Å². The van der Waals surface area contributed by atoms with Gasteiger partial charge in [-0.1, -0.05) is 12.1 Å². The van der Waals surface area contributed by atoms with Gasteiger partial charge in [-0.15, -0.1) is 0 Å². The van der Waals surface area contributed by atoms with Crippen molar-refractivity contribution in [3.8, 4) is 0 Å². The van der Waals surface area contributed by atoms with E-state index in [0.717, 1.165) is 0 Å². The average Bonchev–Trinajstić information content (AvgIpc) is 2.86. The quantitative estimate of drug-likeness (QED) is 0.744. The van der Waals surface area contributed by atoms with Crippen LogP contribution >= 0.6 is 0 Å². The van der Waals surface area contributed by atoms with E-state index in [4.69, 9.17) is 4.74 Å². The molecule has 1 N–H and O–H groups in total. The van der Waals surface area contributed by atoms with Crippen LogP contribution in [0.25, 0.3) is 10.9 Å². The van der Waals surface area contributed by atoms with Gasteiger partial charge in [0.1, 0.15) is 11.3 Å². The minimum Gasteiger partial charge on any atom is -0.465 e. The van der Waals surface area contributed by atoms with E-state index in [-0.39, 0.29) is 22.5 Å². The standard InChI is InChI=1S/C17H15F2N3O2/c1-9-10-8-11(17(23)24-3)15(14(19)16(10)21-22(9)2)20-13-7-5-4-6-12(13)18/h4-8,20H,1-3H3. The molecule has 2 aromatic carbocycles. The van der Waals surface area contributed by atoms with Crippen LogP contribution in [0.4, 0.5) is 20.2 Å². The molecule has 7 heteroatoms. The summed E-state index contributed by atoms with van der Waals surface area (Å²) in [5, 5.41) is 7.26. The van der Waals surface area contributed by atoms with E-state index in [1.54, 1.807) is 20.0 Å². The van der Waals surface area contributed by atoms with Gasteiger partial charge in [0.2, 0.25) is 0 Å². The molecule has 5 nitrogen and oxygen atoms in total. The lowest BCUT2D eigenvalue weighted by Gasteiger charge is -2.13. The zero-order valence-electron chi connectivity index (χ0n) is 13.4. The summed E-state index contributed by atoms with van der Waals surface area (Å²) in [6.07, 6.45) is 0. The molecule has 24 heavy (non-hydrogen) atoms. The third kappa shape index (κ3) is 2.47. The highest BCUT2D eigenvalue weighted by molar-refractivity contribution is 6.02. The zero-order valence-corrected chi connectivity index (χ0v) is 13.4. The molecule has 3 aromatic rings. The second-order valence-electron chi connectivity index (χ2n) is 5.31. The van der Waals surface area contributed by atoms with Crippen molar-refractivity contribution in [2.24, 2.45) is 7.05 Å². The van der Waals surface area contributed by atoms with Gasteiger partial charge in [0.25, 0.3) is 0 Å².